The molecule has 0 aliphatic carbocycles. The van der Waals surface area contributed by atoms with Crippen LogP contribution in [0.25, 0.3) is 10.9 Å². The van der Waals surface area contributed by atoms with Crippen LogP contribution in [0.4, 0.5) is 13.2 Å². The predicted molar refractivity (Wildman–Crippen MR) is 100 cm³/mol. The van der Waals surface area contributed by atoms with Gasteiger partial charge < -0.3 is 9.64 Å². The van der Waals surface area contributed by atoms with Crippen LogP contribution >= 0.6 is 0 Å². The van der Waals surface area contributed by atoms with Gasteiger partial charge >= 0.3 is 12.1 Å². The molecule has 0 atom stereocenters. The van der Waals surface area contributed by atoms with Gasteiger partial charge in [0.25, 0.3) is 10.0 Å². The predicted octanol–water partition coefficient (Wildman–Crippen LogP) is 3.41. The van der Waals surface area contributed by atoms with Crippen molar-refractivity contribution < 1.29 is 31.1 Å². The van der Waals surface area contributed by atoms with Crippen molar-refractivity contribution in [1.29, 1.82) is 0 Å². The summed E-state index contributed by atoms with van der Waals surface area (Å²) in [4.78, 5) is 13.0. The summed E-state index contributed by atoms with van der Waals surface area (Å²) >= 11 is 0. The van der Waals surface area contributed by atoms with E-state index in [1.54, 1.807) is 37.2 Å². The fourth-order valence-corrected chi connectivity index (χ4v) is 4.25. The molecule has 0 radical (unpaired) electrons. The smallest absolute Gasteiger partial charge is 0.420 e. The molecular formula is C19H17F3N2O4S. The summed E-state index contributed by atoms with van der Waals surface area (Å²) in [6.45, 7) is 0.132. The van der Waals surface area contributed by atoms with Crippen LogP contribution in [0.2, 0.25) is 0 Å². The highest BCUT2D eigenvalue weighted by atomic mass is 32.2. The van der Waals surface area contributed by atoms with Crippen molar-refractivity contribution in [2.75, 3.05) is 14.1 Å². The highest BCUT2D eigenvalue weighted by Gasteiger charge is 2.41. The number of fused-ring (bicyclic) bond motifs is 1. The van der Waals surface area contributed by atoms with E-state index < -0.39 is 22.2 Å². The molecule has 6 nitrogen and oxygen atoms in total. The normalized spacial score (nSPS) is 12.5. The molecule has 1 aromatic heterocycles. The van der Waals surface area contributed by atoms with Gasteiger partial charge in [-0.1, -0.05) is 18.2 Å². The molecule has 0 fully saturated rings. The van der Waals surface area contributed by atoms with Crippen molar-refractivity contribution in [3.8, 4) is 5.75 Å². The van der Waals surface area contributed by atoms with Crippen molar-refractivity contribution in [3.63, 3.8) is 0 Å². The minimum atomic E-state index is -5.15. The maximum Gasteiger partial charge on any atom is 0.491 e. The molecule has 2 aromatic carbocycles. The first kappa shape index (κ1) is 20.9. The second kappa shape index (κ2) is 7.53. The molecule has 29 heavy (non-hydrogen) atoms. The summed E-state index contributed by atoms with van der Waals surface area (Å²) in [5.41, 5.74) is 0.532. The van der Waals surface area contributed by atoms with E-state index in [1.807, 2.05) is 0 Å². The van der Waals surface area contributed by atoms with Crippen molar-refractivity contribution in [2.24, 2.45) is 0 Å². The number of ether oxygens (including phenoxy) is 1. The lowest BCUT2D eigenvalue weighted by Crippen LogP contribution is -2.28. The molecule has 10 heteroatoms. The Morgan fingerprint density at radius 2 is 1.72 bits per heavy atom. The lowest BCUT2D eigenvalue weighted by atomic mass is 10.1. The van der Waals surface area contributed by atoms with Crippen LogP contribution in [0, 0.1) is 0 Å². The molecule has 3 rings (SSSR count). The molecule has 0 N–H and O–H groups in total. The van der Waals surface area contributed by atoms with E-state index in [0.29, 0.717) is 5.39 Å². The van der Waals surface area contributed by atoms with Crippen LogP contribution < -0.4 is 4.74 Å². The number of nitrogens with zero attached hydrogens (tertiary/aromatic N) is 2. The first-order chi connectivity index (χ1) is 13.5. The molecular weight excluding hydrogens is 409 g/mol. The Labute approximate surface area is 165 Å². The number of hydrogen-bond acceptors (Lipinski definition) is 5. The first-order valence-corrected chi connectivity index (χ1v) is 9.83. The van der Waals surface area contributed by atoms with E-state index in [0.717, 1.165) is 3.97 Å². The van der Waals surface area contributed by atoms with Gasteiger partial charge in [0.1, 0.15) is 5.75 Å². The standard InChI is InChI=1S/C19H17F3N2O4S/c1-23(2)12-15-14-10-11-24(29(26,27)13-6-4-3-5-7-13)16(14)8-9-17(15)28-18(25)19(20,21)22/h3-11H,12H2,1-2H3. The average Bonchev–Trinajstić information content (AvgIpc) is 3.08. The molecule has 0 amide bonds. The van der Waals surface area contributed by atoms with Crippen LogP contribution in [-0.2, 0) is 21.4 Å². The maximum atomic E-state index is 13.0. The monoisotopic (exact) mass is 426 g/mol. The third-order valence-corrected chi connectivity index (χ3v) is 5.82. The largest absolute Gasteiger partial charge is 0.491 e. The summed E-state index contributed by atoms with van der Waals surface area (Å²) < 4.78 is 69.4. The summed E-state index contributed by atoms with van der Waals surface area (Å²) in [6, 6.07) is 11.7. The minimum Gasteiger partial charge on any atom is -0.420 e. The van der Waals surface area contributed by atoms with Gasteiger partial charge in [-0.25, -0.2) is 17.2 Å². The average molecular weight is 426 g/mol. The summed E-state index contributed by atoms with van der Waals surface area (Å²) in [5.74, 6) is -2.61. The molecule has 0 aliphatic rings. The van der Waals surface area contributed by atoms with Gasteiger partial charge in [0.05, 0.1) is 10.4 Å². The van der Waals surface area contributed by atoms with Crippen molar-refractivity contribution in [2.45, 2.75) is 17.6 Å². The van der Waals surface area contributed by atoms with E-state index >= 15 is 0 Å². The Bertz CT molecular complexity index is 1150. The number of carbonyl (C=O) groups excluding carboxylic acids is 1. The number of hydrogen-bond donors (Lipinski definition) is 0. The van der Waals surface area contributed by atoms with Gasteiger partial charge in [0, 0.05) is 23.7 Å². The van der Waals surface area contributed by atoms with Crippen molar-refractivity contribution in [1.82, 2.24) is 8.87 Å². The third-order valence-electron chi connectivity index (χ3n) is 4.11. The van der Waals surface area contributed by atoms with Gasteiger partial charge in [-0.2, -0.15) is 13.2 Å². The minimum absolute atomic E-state index is 0.0687. The number of alkyl halides is 3. The van der Waals surface area contributed by atoms with E-state index in [-0.39, 0.29) is 28.3 Å². The van der Waals surface area contributed by atoms with Gasteiger partial charge in [0.15, 0.2) is 0 Å². The summed E-state index contributed by atoms with van der Waals surface area (Å²) in [7, 11) is -0.538. The van der Waals surface area contributed by atoms with Gasteiger partial charge in [-0.05, 0) is 44.4 Å². The van der Waals surface area contributed by atoms with E-state index in [9.17, 15) is 26.4 Å². The highest BCUT2D eigenvalue weighted by Crippen LogP contribution is 2.33. The zero-order valence-corrected chi connectivity index (χ0v) is 16.3. The summed E-state index contributed by atoms with van der Waals surface area (Å²) in [6.07, 6.45) is -3.82. The molecule has 0 saturated heterocycles. The second-order valence-corrected chi connectivity index (χ2v) is 8.34. The fourth-order valence-electron chi connectivity index (χ4n) is 2.88. The van der Waals surface area contributed by atoms with Crippen LogP contribution in [0.15, 0.2) is 59.6 Å². The Kier molecular flexibility index (Phi) is 5.42. The lowest BCUT2D eigenvalue weighted by Gasteiger charge is -2.16. The van der Waals surface area contributed by atoms with Crippen molar-refractivity contribution in [3.05, 3.63) is 60.3 Å². The highest BCUT2D eigenvalue weighted by molar-refractivity contribution is 7.90. The van der Waals surface area contributed by atoms with Crippen LogP contribution in [0.1, 0.15) is 5.56 Å². The first-order valence-electron chi connectivity index (χ1n) is 8.39. The number of rotatable bonds is 5. The lowest BCUT2D eigenvalue weighted by molar-refractivity contribution is -0.189. The molecule has 0 unspecified atom stereocenters. The number of carbonyl (C=O) groups is 1. The number of aromatic nitrogens is 1. The zero-order valence-electron chi connectivity index (χ0n) is 15.5. The van der Waals surface area contributed by atoms with Crippen LogP contribution in [0.5, 0.6) is 5.75 Å². The molecule has 0 saturated carbocycles. The Balaban J connectivity index is 2.16. The van der Waals surface area contributed by atoms with E-state index in [1.165, 1.54) is 36.5 Å². The van der Waals surface area contributed by atoms with Gasteiger partial charge in [0.2, 0.25) is 0 Å². The molecule has 1 heterocycles. The van der Waals surface area contributed by atoms with Crippen LogP contribution in [-0.4, -0.2) is 43.5 Å². The van der Waals surface area contributed by atoms with E-state index in [4.69, 9.17) is 0 Å². The topological polar surface area (TPSA) is 68.6 Å². The summed E-state index contributed by atoms with van der Waals surface area (Å²) in [5, 5.41) is 0.366. The molecule has 154 valence electrons. The van der Waals surface area contributed by atoms with Gasteiger partial charge in [-0.15, -0.1) is 0 Å². The quantitative estimate of drug-likeness (QED) is 0.462. The second-order valence-electron chi connectivity index (χ2n) is 6.53. The fraction of sp³-hybridized carbons (Fsp3) is 0.211. The number of halogens is 3. The maximum absolute atomic E-state index is 13.0. The number of esters is 1. The van der Waals surface area contributed by atoms with Crippen LogP contribution in [0.3, 0.4) is 0 Å². The molecule has 0 spiro atoms. The molecule has 0 bridgehead atoms. The Morgan fingerprint density at radius 1 is 1.07 bits per heavy atom. The number of benzene rings is 2. The molecule has 3 aromatic rings. The van der Waals surface area contributed by atoms with E-state index in [2.05, 4.69) is 4.74 Å². The SMILES string of the molecule is CN(C)Cc1c(OC(=O)C(F)(F)F)ccc2c1ccn2S(=O)(=O)c1ccccc1. The molecule has 0 aliphatic heterocycles. The van der Waals surface area contributed by atoms with Crippen molar-refractivity contribution >= 4 is 26.9 Å². The Hall–Kier alpha value is -2.85. The van der Waals surface area contributed by atoms with Gasteiger partial charge in [-0.3, -0.25) is 0 Å². The third kappa shape index (κ3) is 4.13. The zero-order chi connectivity index (χ0) is 21.4. The Morgan fingerprint density at radius 3 is 2.31 bits per heavy atom.